The molecule has 18 heavy (non-hydrogen) atoms. The Morgan fingerprint density at radius 3 is 2.50 bits per heavy atom. The van der Waals surface area contributed by atoms with Crippen molar-refractivity contribution in [3.8, 4) is 0 Å². The molecule has 0 fully saturated rings. The van der Waals surface area contributed by atoms with Crippen LogP contribution in [0.15, 0.2) is 18.2 Å². The molecule has 1 aromatic carbocycles. The highest BCUT2D eigenvalue weighted by Gasteiger charge is 2.08. The minimum Gasteiger partial charge on any atom is -0.399 e. The third kappa shape index (κ3) is 4.54. The van der Waals surface area contributed by atoms with Crippen LogP contribution in [0.25, 0.3) is 0 Å². The minimum absolute atomic E-state index is 0.0114. The maximum absolute atomic E-state index is 10.9. The fourth-order valence-electron chi connectivity index (χ4n) is 1.78. The van der Waals surface area contributed by atoms with Crippen LogP contribution in [-0.2, 0) is 10.0 Å². The Hall–Kier alpha value is -1.27. The summed E-state index contributed by atoms with van der Waals surface area (Å²) in [7, 11) is -3.37. The monoisotopic (exact) mass is 271 g/mol. The molecule has 0 aliphatic rings. The third-order valence-corrected chi connectivity index (χ3v) is 3.71. The molecule has 0 heterocycles. The fourth-order valence-corrected chi connectivity index (χ4v) is 2.31. The Kier molecular flexibility index (Phi) is 4.98. The van der Waals surface area contributed by atoms with Crippen molar-refractivity contribution < 1.29 is 8.42 Å². The molecule has 0 amide bonds. The molecular formula is C12H21N3O2S. The zero-order valence-electron chi connectivity index (χ0n) is 10.9. The number of anilines is 2. The van der Waals surface area contributed by atoms with Crippen molar-refractivity contribution in [3.63, 3.8) is 0 Å². The van der Waals surface area contributed by atoms with Crippen LogP contribution < -0.4 is 15.8 Å². The predicted octanol–water partition coefficient (Wildman–Crippen LogP) is 1.08. The molecule has 4 N–H and O–H groups in total. The predicted molar refractivity (Wildman–Crippen MR) is 76.1 cm³/mol. The van der Waals surface area contributed by atoms with Gasteiger partial charge in [-0.15, -0.1) is 0 Å². The van der Waals surface area contributed by atoms with Crippen LogP contribution in [0.3, 0.4) is 0 Å². The number of sulfonamides is 1. The largest absolute Gasteiger partial charge is 0.399 e. The van der Waals surface area contributed by atoms with E-state index in [1.54, 1.807) is 0 Å². The number of aryl methyl sites for hydroxylation is 1. The van der Waals surface area contributed by atoms with Crippen LogP contribution in [-0.4, -0.2) is 27.3 Å². The van der Waals surface area contributed by atoms with Crippen LogP contribution >= 0.6 is 0 Å². The first-order valence-corrected chi connectivity index (χ1v) is 7.66. The van der Waals surface area contributed by atoms with E-state index in [1.807, 2.05) is 32.0 Å². The molecule has 102 valence electrons. The molecule has 6 heteroatoms. The number of hydrogen-bond donors (Lipinski definition) is 2. The van der Waals surface area contributed by atoms with Crippen molar-refractivity contribution in [3.05, 3.63) is 23.8 Å². The smallest absolute Gasteiger partial charge is 0.209 e. The standard InChI is InChI=1S/C12H21N3O2S/c1-3-15(7-4-8-18(14,16)17)11-5-6-12(13)10(2)9-11/h5-6,9H,3-4,7-8,13H2,1-2H3,(H2,14,16,17). The highest BCUT2D eigenvalue weighted by Crippen LogP contribution is 2.20. The van der Waals surface area contributed by atoms with E-state index in [0.29, 0.717) is 13.0 Å². The van der Waals surface area contributed by atoms with Crippen molar-refractivity contribution in [2.75, 3.05) is 29.5 Å². The number of nitrogens with two attached hydrogens (primary N) is 2. The van der Waals surface area contributed by atoms with Gasteiger partial charge in [-0.1, -0.05) is 0 Å². The quantitative estimate of drug-likeness (QED) is 0.758. The van der Waals surface area contributed by atoms with E-state index in [0.717, 1.165) is 23.5 Å². The van der Waals surface area contributed by atoms with Crippen LogP contribution in [0, 0.1) is 6.92 Å². The average Bonchev–Trinajstić information content (AvgIpc) is 2.27. The number of benzene rings is 1. The van der Waals surface area contributed by atoms with Gasteiger partial charge in [0.15, 0.2) is 0 Å². The van der Waals surface area contributed by atoms with Crippen LogP contribution in [0.4, 0.5) is 11.4 Å². The Balaban J connectivity index is 2.68. The van der Waals surface area contributed by atoms with E-state index in [-0.39, 0.29) is 5.75 Å². The lowest BCUT2D eigenvalue weighted by Crippen LogP contribution is -2.27. The number of primary sulfonamides is 1. The van der Waals surface area contributed by atoms with Gasteiger partial charge in [0.25, 0.3) is 0 Å². The SMILES string of the molecule is CCN(CCCS(N)(=O)=O)c1ccc(N)c(C)c1. The molecular weight excluding hydrogens is 250 g/mol. The third-order valence-electron chi connectivity index (χ3n) is 2.86. The Morgan fingerprint density at radius 2 is 2.00 bits per heavy atom. The molecule has 0 aliphatic heterocycles. The van der Waals surface area contributed by atoms with Crippen molar-refractivity contribution >= 4 is 21.4 Å². The normalized spacial score (nSPS) is 11.5. The first-order chi connectivity index (χ1) is 8.33. The zero-order valence-corrected chi connectivity index (χ0v) is 11.7. The molecule has 5 nitrogen and oxygen atoms in total. The molecule has 0 atom stereocenters. The van der Waals surface area contributed by atoms with E-state index in [4.69, 9.17) is 10.9 Å². The Labute approximate surface area is 109 Å². The van der Waals surface area contributed by atoms with Gasteiger partial charge in [-0.2, -0.15) is 0 Å². The molecule has 0 aliphatic carbocycles. The molecule has 0 radical (unpaired) electrons. The maximum atomic E-state index is 10.9. The summed E-state index contributed by atoms with van der Waals surface area (Å²) in [5.41, 5.74) is 8.62. The zero-order chi connectivity index (χ0) is 13.8. The summed E-state index contributed by atoms with van der Waals surface area (Å²) < 4.78 is 21.8. The highest BCUT2D eigenvalue weighted by atomic mass is 32.2. The lowest BCUT2D eigenvalue weighted by Gasteiger charge is -2.23. The van der Waals surface area contributed by atoms with E-state index in [2.05, 4.69) is 4.90 Å². The minimum atomic E-state index is -3.37. The lowest BCUT2D eigenvalue weighted by atomic mass is 10.1. The molecule has 0 unspecified atom stereocenters. The topological polar surface area (TPSA) is 89.4 Å². The summed E-state index contributed by atoms with van der Waals surface area (Å²) in [6.07, 6.45) is 0.524. The highest BCUT2D eigenvalue weighted by molar-refractivity contribution is 7.89. The van der Waals surface area contributed by atoms with Crippen molar-refractivity contribution in [2.45, 2.75) is 20.3 Å². The van der Waals surface area contributed by atoms with Crippen LogP contribution in [0.2, 0.25) is 0 Å². The van der Waals surface area contributed by atoms with Gasteiger partial charge in [0.2, 0.25) is 10.0 Å². The van der Waals surface area contributed by atoms with Crippen LogP contribution in [0.5, 0.6) is 0 Å². The maximum Gasteiger partial charge on any atom is 0.209 e. The molecule has 0 aromatic heterocycles. The van der Waals surface area contributed by atoms with Gasteiger partial charge in [0.05, 0.1) is 5.75 Å². The van der Waals surface area contributed by atoms with Gasteiger partial charge in [-0.25, -0.2) is 13.6 Å². The van der Waals surface area contributed by atoms with E-state index in [1.165, 1.54) is 0 Å². The van der Waals surface area contributed by atoms with Gasteiger partial charge in [0.1, 0.15) is 0 Å². The second kappa shape index (κ2) is 6.06. The van der Waals surface area contributed by atoms with Gasteiger partial charge < -0.3 is 10.6 Å². The number of rotatable bonds is 6. The summed E-state index contributed by atoms with van der Waals surface area (Å²) >= 11 is 0. The molecule has 0 saturated heterocycles. The fraction of sp³-hybridized carbons (Fsp3) is 0.500. The summed E-state index contributed by atoms with van der Waals surface area (Å²) in [4.78, 5) is 2.11. The Bertz CT molecular complexity index is 500. The van der Waals surface area contributed by atoms with Gasteiger partial charge in [0, 0.05) is 24.5 Å². The van der Waals surface area contributed by atoms with E-state index in [9.17, 15) is 8.42 Å². The van der Waals surface area contributed by atoms with E-state index < -0.39 is 10.0 Å². The molecule has 0 spiro atoms. The Morgan fingerprint density at radius 1 is 1.33 bits per heavy atom. The van der Waals surface area contributed by atoms with Crippen molar-refractivity contribution in [2.24, 2.45) is 5.14 Å². The van der Waals surface area contributed by atoms with Gasteiger partial charge >= 0.3 is 0 Å². The molecule has 0 bridgehead atoms. The van der Waals surface area contributed by atoms with Gasteiger partial charge in [-0.05, 0) is 44.0 Å². The molecule has 1 rings (SSSR count). The van der Waals surface area contributed by atoms with Crippen LogP contribution in [0.1, 0.15) is 18.9 Å². The summed E-state index contributed by atoms with van der Waals surface area (Å²) in [5, 5.41) is 4.98. The second-order valence-corrected chi connectivity index (χ2v) is 6.08. The average molecular weight is 271 g/mol. The van der Waals surface area contributed by atoms with Gasteiger partial charge in [-0.3, -0.25) is 0 Å². The number of nitrogen functional groups attached to an aromatic ring is 1. The van der Waals surface area contributed by atoms with Crippen molar-refractivity contribution in [1.29, 1.82) is 0 Å². The van der Waals surface area contributed by atoms with E-state index >= 15 is 0 Å². The molecule has 1 aromatic rings. The number of nitrogens with zero attached hydrogens (tertiary/aromatic N) is 1. The number of hydrogen-bond acceptors (Lipinski definition) is 4. The van der Waals surface area contributed by atoms with Crippen molar-refractivity contribution in [1.82, 2.24) is 0 Å². The lowest BCUT2D eigenvalue weighted by molar-refractivity contribution is 0.594. The molecule has 0 saturated carbocycles. The summed E-state index contributed by atoms with van der Waals surface area (Å²) in [5.74, 6) is 0.0114. The first-order valence-electron chi connectivity index (χ1n) is 5.95. The summed E-state index contributed by atoms with van der Waals surface area (Å²) in [6, 6.07) is 5.82. The summed E-state index contributed by atoms with van der Waals surface area (Å²) in [6.45, 7) is 5.46. The second-order valence-electron chi connectivity index (χ2n) is 4.34. The first kappa shape index (κ1) is 14.8.